The van der Waals surface area contributed by atoms with Crippen molar-refractivity contribution in [2.45, 2.75) is 50.3 Å². The molecule has 0 aromatic heterocycles. The molecule has 1 amide bonds. The van der Waals surface area contributed by atoms with Crippen molar-refractivity contribution in [3.05, 3.63) is 35.9 Å². The van der Waals surface area contributed by atoms with Crippen LogP contribution < -0.4 is 10.6 Å². The third kappa shape index (κ3) is 3.83. The van der Waals surface area contributed by atoms with Gasteiger partial charge in [-0.3, -0.25) is 4.79 Å². The zero-order valence-electron chi connectivity index (χ0n) is 12.4. The lowest BCUT2D eigenvalue weighted by Crippen LogP contribution is -2.52. The molecular weight excluding hydrogens is 264 g/mol. The van der Waals surface area contributed by atoms with Crippen molar-refractivity contribution in [3.8, 4) is 0 Å². The Kier molecular flexibility index (Phi) is 4.56. The highest BCUT2D eigenvalue weighted by molar-refractivity contribution is 5.78. The first-order valence-corrected chi connectivity index (χ1v) is 7.94. The third-order valence-corrected chi connectivity index (χ3v) is 4.64. The number of carbonyl (C=O) groups is 1. The minimum absolute atomic E-state index is 0.0630. The van der Waals surface area contributed by atoms with Gasteiger partial charge in [-0.05, 0) is 37.7 Å². The van der Waals surface area contributed by atoms with Gasteiger partial charge in [-0.2, -0.15) is 0 Å². The lowest BCUT2D eigenvalue weighted by Gasteiger charge is -2.47. The lowest BCUT2D eigenvalue weighted by atomic mass is 9.74. The molecule has 1 aromatic rings. The summed E-state index contributed by atoms with van der Waals surface area (Å²) < 4.78 is 5.90. The van der Waals surface area contributed by atoms with E-state index in [4.69, 9.17) is 4.74 Å². The number of ether oxygens (including phenoxy) is 1. The van der Waals surface area contributed by atoms with Gasteiger partial charge in [-0.1, -0.05) is 30.3 Å². The van der Waals surface area contributed by atoms with Crippen molar-refractivity contribution in [2.24, 2.45) is 0 Å². The van der Waals surface area contributed by atoms with Crippen LogP contribution in [0.3, 0.4) is 0 Å². The molecule has 1 spiro atoms. The van der Waals surface area contributed by atoms with E-state index in [0.29, 0.717) is 19.1 Å². The largest absolute Gasteiger partial charge is 0.375 e. The molecular formula is C17H24N2O2. The summed E-state index contributed by atoms with van der Waals surface area (Å²) in [6, 6.07) is 10.4. The summed E-state index contributed by atoms with van der Waals surface area (Å²) >= 11 is 0. The molecule has 1 atom stereocenters. The first kappa shape index (κ1) is 14.5. The molecule has 2 aliphatic rings. The van der Waals surface area contributed by atoms with Gasteiger partial charge < -0.3 is 15.4 Å². The Morgan fingerprint density at radius 3 is 2.81 bits per heavy atom. The average Bonchev–Trinajstić information content (AvgIpc) is 2.51. The Morgan fingerprint density at radius 2 is 2.10 bits per heavy atom. The highest BCUT2D eigenvalue weighted by atomic mass is 16.5. The van der Waals surface area contributed by atoms with E-state index in [2.05, 4.69) is 10.6 Å². The van der Waals surface area contributed by atoms with Crippen LogP contribution in [0.5, 0.6) is 0 Å². The van der Waals surface area contributed by atoms with Crippen molar-refractivity contribution in [1.82, 2.24) is 10.6 Å². The molecule has 1 saturated carbocycles. The van der Waals surface area contributed by atoms with Crippen LogP contribution in [0.4, 0.5) is 0 Å². The number of benzene rings is 1. The number of carbonyl (C=O) groups excluding carboxylic acids is 1. The average molecular weight is 288 g/mol. The van der Waals surface area contributed by atoms with Crippen LogP contribution in [-0.4, -0.2) is 30.7 Å². The molecule has 1 saturated heterocycles. The molecule has 1 heterocycles. The van der Waals surface area contributed by atoms with Crippen LogP contribution in [0.25, 0.3) is 0 Å². The van der Waals surface area contributed by atoms with Gasteiger partial charge in [0.15, 0.2) is 0 Å². The van der Waals surface area contributed by atoms with E-state index in [1.807, 2.05) is 30.3 Å². The Morgan fingerprint density at radius 1 is 1.29 bits per heavy atom. The smallest absolute Gasteiger partial charge is 0.234 e. The molecule has 0 bridgehead atoms. The maximum absolute atomic E-state index is 11.9. The number of amides is 1. The molecule has 4 heteroatoms. The van der Waals surface area contributed by atoms with Gasteiger partial charge in [-0.25, -0.2) is 0 Å². The Hall–Kier alpha value is -1.39. The van der Waals surface area contributed by atoms with Gasteiger partial charge in [0.2, 0.25) is 5.91 Å². The minimum atomic E-state index is 0.0630. The van der Waals surface area contributed by atoms with Crippen molar-refractivity contribution in [2.75, 3.05) is 13.2 Å². The fourth-order valence-corrected chi connectivity index (χ4v) is 3.22. The van der Waals surface area contributed by atoms with E-state index in [9.17, 15) is 4.79 Å². The van der Waals surface area contributed by atoms with Crippen LogP contribution >= 0.6 is 0 Å². The monoisotopic (exact) mass is 288 g/mol. The maximum Gasteiger partial charge on any atom is 0.234 e. The summed E-state index contributed by atoms with van der Waals surface area (Å²) in [4.78, 5) is 11.9. The normalized spacial score (nSPS) is 23.5. The van der Waals surface area contributed by atoms with Crippen LogP contribution in [0.2, 0.25) is 0 Å². The van der Waals surface area contributed by atoms with Crippen LogP contribution in [0.15, 0.2) is 30.3 Å². The summed E-state index contributed by atoms with van der Waals surface area (Å²) in [6.45, 7) is 1.82. The van der Waals surface area contributed by atoms with Crippen LogP contribution in [0, 0.1) is 0 Å². The summed E-state index contributed by atoms with van der Waals surface area (Å²) in [5.74, 6) is 0.0630. The second-order valence-corrected chi connectivity index (χ2v) is 6.22. The molecule has 2 fully saturated rings. The van der Waals surface area contributed by atoms with E-state index in [0.717, 1.165) is 25.0 Å². The van der Waals surface area contributed by atoms with Gasteiger partial charge in [0, 0.05) is 19.2 Å². The summed E-state index contributed by atoms with van der Waals surface area (Å²) in [5.41, 5.74) is 1.27. The van der Waals surface area contributed by atoms with Crippen LogP contribution in [-0.2, 0) is 16.1 Å². The van der Waals surface area contributed by atoms with Crippen LogP contribution in [0.1, 0.15) is 37.7 Å². The van der Waals surface area contributed by atoms with E-state index < -0.39 is 0 Å². The van der Waals surface area contributed by atoms with Crippen molar-refractivity contribution in [1.29, 1.82) is 0 Å². The van der Waals surface area contributed by atoms with Gasteiger partial charge in [0.25, 0.3) is 0 Å². The minimum Gasteiger partial charge on any atom is -0.375 e. The summed E-state index contributed by atoms with van der Waals surface area (Å²) in [5, 5.41) is 6.34. The van der Waals surface area contributed by atoms with Crippen molar-refractivity contribution < 1.29 is 9.53 Å². The zero-order chi connectivity index (χ0) is 14.5. The van der Waals surface area contributed by atoms with Gasteiger partial charge in [0.05, 0.1) is 12.1 Å². The number of hydrogen-bond donors (Lipinski definition) is 2. The molecule has 2 N–H and O–H groups in total. The Balaban J connectivity index is 1.37. The van der Waals surface area contributed by atoms with Crippen molar-refractivity contribution in [3.63, 3.8) is 0 Å². The molecule has 1 aromatic carbocycles. The molecule has 1 aliphatic heterocycles. The zero-order valence-corrected chi connectivity index (χ0v) is 12.4. The first-order chi connectivity index (χ1) is 10.3. The number of hydrogen-bond acceptors (Lipinski definition) is 3. The molecule has 1 unspecified atom stereocenters. The summed E-state index contributed by atoms with van der Waals surface area (Å²) in [7, 11) is 0. The second kappa shape index (κ2) is 6.58. The Bertz CT molecular complexity index is 471. The molecule has 3 rings (SSSR count). The molecule has 21 heavy (non-hydrogen) atoms. The topological polar surface area (TPSA) is 50.4 Å². The van der Waals surface area contributed by atoms with Gasteiger partial charge >= 0.3 is 0 Å². The van der Waals surface area contributed by atoms with E-state index in [1.54, 1.807) is 0 Å². The van der Waals surface area contributed by atoms with Gasteiger partial charge in [0.1, 0.15) is 0 Å². The maximum atomic E-state index is 11.9. The van der Waals surface area contributed by atoms with Crippen molar-refractivity contribution >= 4 is 5.91 Å². The molecule has 114 valence electrons. The number of rotatable bonds is 5. The summed E-state index contributed by atoms with van der Waals surface area (Å²) in [6.07, 6.45) is 5.72. The Labute approximate surface area is 126 Å². The lowest BCUT2D eigenvalue weighted by molar-refractivity contribution is -0.137. The SMILES string of the molecule is O=C(CNC1CCOC2(CCC2)C1)NCc1ccccc1. The molecule has 4 nitrogen and oxygen atoms in total. The highest BCUT2D eigenvalue weighted by Crippen LogP contribution is 2.42. The predicted octanol–water partition coefficient (Wildman–Crippen LogP) is 1.99. The third-order valence-electron chi connectivity index (χ3n) is 4.64. The predicted molar refractivity (Wildman–Crippen MR) is 81.8 cm³/mol. The highest BCUT2D eigenvalue weighted by Gasteiger charge is 2.42. The van der Waals surface area contributed by atoms with Gasteiger partial charge in [-0.15, -0.1) is 0 Å². The standard InChI is InChI=1S/C17H24N2O2/c20-16(19-12-14-5-2-1-3-6-14)13-18-15-7-10-21-17(11-15)8-4-9-17/h1-3,5-6,15,18H,4,7-13H2,(H,19,20). The fourth-order valence-electron chi connectivity index (χ4n) is 3.22. The quantitative estimate of drug-likeness (QED) is 0.871. The molecule has 1 aliphatic carbocycles. The first-order valence-electron chi connectivity index (χ1n) is 7.94. The second-order valence-electron chi connectivity index (χ2n) is 6.22. The van der Waals surface area contributed by atoms with E-state index in [1.165, 1.54) is 19.3 Å². The molecule has 0 radical (unpaired) electrons. The number of nitrogens with one attached hydrogen (secondary N) is 2. The fraction of sp³-hybridized carbons (Fsp3) is 0.588. The van der Waals surface area contributed by atoms with E-state index >= 15 is 0 Å². The van der Waals surface area contributed by atoms with E-state index in [-0.39, 0.29) is 11.5 Å².